The zero-order chi connectivity index (χ0) is 19.8. The number of rotatable bonds is 8. The van der Waals surface area contributed by atoms with Crippen LogP contribution in [0.2, 0.25) is 5.02 Å². The third kappa shape index (κ3) is 6.84. The fourth-order valence-corrected chi connectivity index (χ4v) is 3.47. The summed E-state index contributed by atoms with van der Waals surface area (Å²) in [6.45, 7) is 6.18. The summed E-state index contributed by atoms with van der Waals surface area (Å²) in [6.07, 6.45) is 3.67. The lowest BCUT2D eigenvalue weighted by Crippen LogP contribution is -2.32. The Hall–Kier alpha value is -2.04. The fourth-order valence-electron chi connectivity index (χ4n) is 3.35. The minimum atomic E-state index is 0.0116. The number of halogens is 1. The highest BCUT2D eigenvalue weighted by atomic mass is 35.5. The number of likely N-dealkylation sites (tertiary alicyclic amines) is 1. The van der Waals surface area contributed by atoms with Crippen molar-refractivity contribution < 1.29 is 9.53 Å². The van der Waals surface area contributed by atoms with Crippen LogP contribution in [0.1, 0.15) is 38.2 Å². The van der Waals surface area contributed by atoms with E-state index in [1.54, 1.807) is 12.1 Å². The number of carbonyl (C=O) groups is 1. The molecule has 0 atom stereocenters. The number of nitrogens with zero attached hydrogens (tertiary/aromatic N) is 1. The number of hydrogen-bond acceptors (Lipinski definition) is 3. The first kappa shape index (κ1) is 20.7. The van der Waals surface area contributed by atoms with Crippen LogP contribution in [-0.2, 0) is 11.3 Å². The topological polar surface area (TPSA) is 41.6 Å². The van der Waals surface area contributed by atoms with Crippen molar-refractivity contribution in [3.05, 3.63) is 59.1 Å². The predicted molar refractivity (Wildman–Crippen MR) is 115 cm³/mol. The summed E-state index contributed by atoms with van der Waals surface area (Å²) in [7, 11) is 0. The molecule has 1 aliphatic rings. The van der Waals surface area contributed by atoms with Crippen LogP contribution in [-0.4, -0.2) is 30.5 Å². The summed E-state index contributed by atoms with van der Waals surface area (Å²) in [5.41, 5.74) is 2.14. The van der Waals surface area contributed by atoms with Crippen molar-refractivity contribution in [2.75, 3.05) is 25.0 Å². The molecule has 2 aromatic rings. The van der Waals surface area contributed by atoms with Crippen molar-refractivity contribution in [2.45, 2.75) is 39.2 Å². The molecule has 0 radical (unpaired) electrons. The molecule has 1 aliphatic heterocycles. The maximum atomic E-state index is 12.1. The maximum Gasteiger partial charge on any atom is 0.224 e. The van der Waals surface area contributed by atoms with E-state index in [-0.39, 0.29) is 5.91 Å². The Kier molecular flexibility index (Phi) is 7.75. The lowest BCUT2D eigenvalue weighted by Gasteiger charge is -2.30. The molecule has 2 aromatic carbocycles. The number of benzene rings is 2. The van der Waals surface area contributed by atoms with Crippen molar-refractivity contribution >= 4 is 23.2 Å². The molecule has 0 spiro atoms. The van der Waals surface area contributed by atoms with Gasteiger partial charge in [0, 0.05) is 23.7 Å². The second-order valence-corrected chi connectivity index (χ2v) is 8.05. The van der Waals surface area contributed by atoms with Crippen molar-refractivity contribution in [1.29, 1.82) is 0 Å². The van der Waals surface area contributed by atoms with Gasteiger partial charge in [0.15, 0.2) is 0 Å². The van der Waals surface area contributed by atoms with E-state index >= 15 is 0 Å². The molecule has 4 nitrogen and oxygen atoms in total. The van der Waals surface area contributed by atoms with E-state index in [2.05, 4.69) is 29.3 Å². The Labute approximate surface area is 172 Å². The van der Waals surface area contributed by atoms with E-state index in [1.807, 2.05) is 24.3 Å². The second-order valence-electron chi connectivity index (χ2n) is 7.61. The van der Waals surface area contributed by atoms with Gasteiger partial charge in [0.05, 0.1) is 6.61 Å². The monoisotopic (exact) mass is 400 g/mol. The Balaban J connectivity index is 1.35. The van der Waals surface area contributed by atoms with Crippen LogP contribution in [0, 0.1) is 5.92 Å². The molecule has 28 heavy (non-hydrogen) atoms. The Morgan fingerprint density at radius 1 is 1.11 bits per heavy atom. The number of anilines is 1. The predicted octanol–water partition coefficient (Wildman–Crippen LogP) is 5.37. The van der Waals surface area contributed by atoms with Crippen LogP contribution >= 0.6 is 11.6 Å². The SMILES string of the molecule is CC1CCN(Cc2ccc(NC(=O)CCCOc3ccc(Cl)cc3)cc2)CC1. The van der Waals surface area contributed by atoms with Gasteiger partial charge in [-0.15, -0.1) is 0 Å². The van der Waals surface area contributed by atoms with E-state index in [1.165, 1.54) is 31.5 Å². The first-order valence-corrected chi connectivity index (χ1v) is 10.5. The van der Waals surface area contributed by atoms with E-state index in [9.17, 15) is 4.79 Å². The summed E-state index contributed by atoms with van der Waals surface area (Å²) in [5.74, 6) is 1.63. The molecule has 0 bridgehead atoms. The average molecular weight is 401 g/mol. The van der Waals surface area contributed by atoms with Gasteiger partial charge in [0.25, 0.3) is 0 Å². The lowest BCUT2D eigenvalue weighted by molar-refractivity contribution is -0.116. The summed E-state index contributed by atoms with van der Waals surface area (Å²) >= 11 is 5.84. The normalized spacial score (nSPS) is 15.4. The van der Waals surface area contributed by atoms with Crippen molar-refractivity contribution in [3.8, 4) is 5.75 Å². The van der Waals surface area contributed by atoms with Crippen molar-refractivity contribution in [2.24, 2.45) is 5.92 Å². The molecule has 1 N–H and O–H groups in total. The smallest absolute Gasteiger partial charge is 0.224 e. The summed E-state index contributed by atoms with van der Waals surface area (Å²) in [5, 5.41) is 3.64. The van der Waals surface area contributed by atoms with Crippen molar-refractivity contribution in [1.82, 2.24) is 4.90 Å². The van der Waals surface area contributed by atoms with Crippen LogP contribution < -0.4 is 10.1 Å². The van der Waals surface area contributed by atoms with Gasteiger partial charge in [0.1, 0.15) is 5.75 Å². The van der Waals surface area contributed by atoms with Crippen LogP contribution in [0.4, 0.5) is 5.69 Å². The molecular weight excluding hydrogens is 372 g/mol. The second kappa shape index (κ2) is 10.5. The highest BCUT2D eigenvalue weighted by Gasteiger charge is 2.15. The van der Waals surface area contributed by atoms with E-state index < -0.39 is 0 Å². The first-order valence-electron chi connectivity index (χ1n) is 10.1. The maximum absolute atomic E-state index is 12.1. The zero-order valence-electron chi connectivity index (χ0n) is 16.5. The van der Waals surface area contributed by atoms with E-state index in [4.69, 9.17) is 16.3 Å². The molecule has 1 fully saturated rings. The van der Waals surface area contributed by atoms with Crippen LogP contribution in [0.3, 0.4) is 0 Å². The quantitative estimate of drug-likeness (QED) is 0.605. The van der Waals surface area contributed by atoms with E-state index in [0.29, 0.717) is 24.5 Å². The molecule has 1 heterocycles. The number of nitrogens with one attached hydrogen (secondary N) is 1. The molecule has 150 valence electrons. The molecule has 3 rings (SSSR count). The Morgan fingerprint density at radius 3 is 2.46 bits per heavy atom. The third-order valence-electron chi connectivity index (χ3n) is 5.15. The zero-order valence-corrected chi connectivity index (χ0v) is 17.3. The molecule has 0 aromatic heterocycles. The molecule has 0 unspecified atom stereocenters. The largest absolute Gasteiger partial charge is 0.494 e. The average Bonchev–Trinajstić information content (AvgIpc) is 2.70. The Bertz CT molecular complexity index is 738. The fraction of sp³-hybridized carbons (Fsp3) is 0.435. The number of hydrogen-bond donors (Lipinski definition) is 1. The van der Waals surface area contributed by atoms with Gasteiger partial charge in [-0.05, 0) is 80.2 Å². The summed E-state index contributed by atoms with van der Waals surface area (Å²) in [4.78, 5) is 14.6. The number of amides is 1. The lowest BCUT2D eigenvalue weighted by atomic mass is 9.99. The third-order valence-corrected chi connectivity index (χ3v) is 5.40. The highest BCUT2D eigenvalue weighted by Crippen LogP contribution is 2.19. The summed E-state index contributed by atoms with van der Waals surface area (Å²) in [6, 6.07) is 15.4. The first-order chi connectivity index (χ1) is 13.6. The molecular formula is C23H29ClN2O2. The number of carbonyl (C=O) groups excluding carboxylic acids is 1. The molecule has 0 aliphatic carbocycles. The molecule has 1 saturated heterocycles. The highest BCUT2D eigenvalue weighted by molar-refractivity contribution is 6.30. The minimum Gasteiger partial charge on any atom is -0.494 e. The standard InChI is InChI=1S/C23H29ClN2O2/c1-18-12-14-26(15-13-18)17-19-4-8-21(9-5-19)25-23(27)3-2-16-28-22-10-6-20(24)7-11-22/h4-11,18H,2-3,12-17H2,1H3,(H,25,27). The van der Waals surface area contributed by atoms with Crippen molar-refractivity contribution in [3.63, 3.8) is 0 Å². The summed E-state index contributed by atoms with van der Waals surface area (Å²) < 4.78 is 5.61. The minimum absolute atomic E-state index is 0.0116. The van der Waals surface area contributed by atoms with Gasteiger partial charge in [-0.2, -0.15) is 0 Å². The molecule has 1 amide bonds. The Morgan fingerprint density at radius 2 is 1.79 bits per heavy atom. The van der Waals surface area contributed by atoms with Gasteiger partial charge in [0.2, 0.25) is 5.91 Å². The number of piperidine rings is 1. The van der Waals surface area contributed by atoms with Crippen LogP contribution in [0.25, 0.3) is 0 Å². The van der Waals surface area contributed by atoms with Gasteiger partial charge in [-0.25, -0.2) is 0 Å². The van der Waals surface area contributed by atoms with Gasteiger partial charge >= 0.3 is 0 Å². The van der Waals surface area contributed by atoms with Gasteiger partial charge in [-0.3, -0.25) is 9.69 Å². The molecule has 5 heteroatoms. The molecule has 0 saturated carbocycles. The van der Waals surface area contributed by atoms with Gasteiger partial charge in [-0.1, -0.05) is 30.7 Å². The van der Waals surface area contributed by atoms with Gasteiger partial charge < -0.3 is 10.1 Å². The van der Waals surface area contributed by atoms with E-state index in [0.717, 1.165) is 23.9 Å². The van der Waals surface area contributed by atoms with Crippen LogP contribution in [0.15, 0.2) is 48.5 Å². The van der Waals surface area contributed by atoms with Crippen LogP contribution in [0.5, 0.6) is 5.75 Å². The number of ether oxygens (including phenoxy) is 1.